The van der Waals surface area contributed by atoms with Crippen molar-refractivity contribution in [3.8, 4) is 0 Å². The number of aromatic nitrogens is 4. The van der Waals surface area contributed by atoms with E-state index in [2.05, 4.69) is 20.6 Å². The van der Waals surface area contributed by atoms with Gasteiger partial charge in [0.2, 0.25) is 5.82 Å². The van der Waals surface area contributed by atoms with Gasteiger partial charge in [-0.15, -0.1) is 10.2 Å². The zero-order valence-corrected chi connectivity index (χ0v) is 12.8. The fraction of sp³-hybridized carbons (Fsp3) is 0.429. The fourth-order valence-electron chi connectivity index (χ4n) is 2.63. The third-order valence-electron chi connectivity index (χ3n) is 3.99. The highest BCUT2D eigenvalue weighted by molar-refractivity contribution is 6.33. The molecule has 1 saturated heterocycles. The molecule has 1 aliphatic rings. The molecule has 0 bridgehead atoms. The number of carbonyl (C=O) groups excluding carboxylic acids is 1. The molecule has 0 aliphatic carbocycles. The van der Waals surface area contributed by atoms with Gasteiger partial charge in [-0.25, -0.2) is 0 Å². The van der Waals surface area contributed by atoms with Crippen molar-refractivity contribution in [2.45, 2.75) is 25.4 Å². The van der Waals surface area contributed by atoms with Gasteiger partial charge >= 0.3 is 0 Å². The first-order chi connectivity index (χ1) is 10.5. The van der Waals surface area contributed by atoms with Crippen LogP contribution in [-0.2, 0) is 5.60 Å². The first-order valence-corrected chi connectivity index (χ1v) is 7.39. The summed E-state index contributed by atoms with van der Waals surface area (Å²) >= 11 is 6.15. The SMILES string of the molecule is Cc1ccc(C(=O)N2CCC(O)(c3nn[nH]n3)CC2)c(Cl)c1. The van der Waals surface area contributed by atoms with Crippen LogP contribution in [0.25, 0.3) is 0 Å². The smallest absolute Gasteiger partial charge is 0.255 e. The number of piperidine rings is 1. The van der Waals surface area contributed by atoms with Gasteiger partial charge in [0.15, 0.2) is 0 Å². The molecule has 2 heterocycles. The monoisotopic (exact) mass is 321 g/mol. The number of rotatable bonds is 2. The number of benzene rings is 1. The van der Waals surface area contributed by atoms with Crippen LogP contribution in [-0.4, -0.2) is 49.6 Å². The summed E-state index contributed by atoms with van der Waals surface area (Å²) in [5, 5.41) is 24.5. The molecule has 8 heteroatoms. The van der Waals surface area contributed by atoms with E-state index < -0.39 is 5.60 Å². The van der Waals surface area contributed by atoms with Gasteiger partial charge in [0.05, 0.1) is 10.6 Å². The lowest BCUT2D eigenvalue weighted by atomic mass is 9.90. The molecule has 0 spiro atoms. The molecule has 0 unspecified atom stereocenters. The normalized spacial score (nSPS) is 17.5. The summed E-state index contributed by atoms with van der Waals surface area (Å²) in [6, 6.07) is 5.37. The number of nitrogens with zero attached hydrogens (tertiary/aromatic N) is 4. The molecular weight excluding hydrogens is 306 g/mol. The number of likely N-dealkylation sites (tertiary alicyclic amines) is 1. The van der Waals surface area contributed by atoms with E-state index in [9.17, 15) is 9.90 Å². The molecule has 1 aromatic heterocycles. The number of aryl methyl sites for hydroxylation is 1. The van der Waals surface area contributed by atoms with E-state index in [0.717, 1.165) is 5.56 Å². The van der Waals surface area contributed by atoms with Crippen molar-refractivity contribution in [2.24, 2.45) is 0 Å². The summed E-state index contributed by atoms with van der Waals surface area (Å²) in [5.41, 5.74) is 0.352. The second-order valence-electron chi connectivity index (χ2n) is 5.54. The van der Waals surface area contributed by atoms with Crippen LogP contribution in [0.4, 0.5) is 0 Å². The molecular formula is C14H16ClN5O2. The van der Waals surface area contributed by atoms with Crippen molar-refractivity contribution in [1.29, 1.82) is 0 Å². The summed E-state index contributed by atoms with van der Waals surface area (Å²) in [5.74, 6) is 0.146. The molecule has 1 fully saturated rings. The minimum atomic E-state index is -1.14. The summed E-state index contributed by atoms with van der Waals surface area (Å²) in [7, 11) is 0. The van der Waals surface area contributed by atoms with Gasteiger partial charge in [0.1, 0.15) is 5.60 Å². The van der Waals surface area contributed by atoms with Crippen LogP contribution in [0.15, 0.2) is 18.2 Å². The lowest BCUT2D eigenvalue weighted by molar-refractivity contribution is -0.0279. The standard InChI is InChI=1S/C14H16ClN5O2/c1-9-2-3-10(11(15)8-9)12(21)20-6-4-14(22,5-7-20)13-16-18-19-17-13/h2-3,8,22H,4-7H2,1H3,(H,16,17,18,19). The maximum absolute atomic E-state index is 12.5. The number of H-pyrrole nitrogens is 1. The number of aliphatic hydroxyl groups is 1. The molecule has 1 aliphatic heterocycles. The van der Waals surface area contributed by atoms with Gasteiger partial charge in [-0.2, -0.15) is 5.21 Å². The van der Waals surface area contributed by atoms with E-state index in [1.807, 2.05) is 13.0 Å². The van der Waals surface area contributed by atoms with Crippen molar-refractivity contribution in [3.63, 3.8) is 0 Å². The van der Waals surface area contributed by atoms with Crippen molar-refractivity contribution < 1.29 is 9.90 Å². The summed E-state index contributed by atoms with van der Waals surface area (Å²) in [6.45, 7) is 2.74. The molecule has 7 nitrogen and oxygen atoms in total. The molecule has 1 aromatic carbocycles. The third-order valence-corrected chi connectivity index (χ3v) is 4.31. The van der Waals surface area contributed by atoms with Crippen LogP contribution in [0.5, 0.6) is 0 Å². The average molecular weight is 322 g/mol. The Morgan fingerprint density at radius 1 is 1.41 bits per heavy atom. The number of tetrazole rings is 1. The second kappa shape index (κ2) is 5.66. The van der Waals surface area contributed by atoms with Crippen LogP contribution < -0.4 is 0 Å². The van der Waals surface area contributed by atoms with E-state index in [4.69, 9.17) is 11.6 Å². The lowest BCUT2D eigenvalue weighted by Gasteiger charge is -2.36. The molecule has 22 heavy (non-hydrogen) atoms. The molecule has 0 saturated carbocycles. The third kappa shape index (κ3) is 2.69. The van der Waals surface area contributed by atoms with E-state index in [1.54, 1.807) is 17.0 Å². The Bertz CT molecular complexity index is 681. The number of hydrogen-bond acceptors (Lipinski definition) is 5. The Labute approximate surface area is 132 Å². The van der Waals surface area contributed by atoms with Crippen molar-refractivity contribution in [1.82, 2.24) is 25.5 Å². The predicted octanol–water partition coefficient (Wildman–Crippen LogP) is 1.29. The van der Waals surface area contributed by atoms with Crippen LogP contribution in [0, 0.1) is 6.92 Å². The van der Waals surface area contributed by atoms with Crippen LogP contribution >= 0.6 is 11.6 Å². The summed E-state index contributed by atoms with van der Waals surface area (Å²) in [4.78, 5) is 14.2. The highest BCUT2D eigenvalue weighted by Gasteiger charge is 2.39. The van der Waals surface area contributed by atoms with E-state index in [-0.39, 0.29) is 11.7 Å². The molecule has 0 atom stereocenters. The number of carbonyl (C=O) groups is 1. The van der Waals surface area contributed by atoms with Crippen LogP contribution in [0.1, 0.15) is 34.6 Å². The quantitative estimate of drug-likeness (QED) is 0.869. The number of aromatic amines is 1. The van der Waals surface area contributed by atoms with Gasteiger partial charge in [0, 0.05) is 25.9 Å². The maximum Gasteiger partial charge on any atom is 0.255 e. The molecule has 3 rings (SSSR count). The van der Waals surface area contributed by atoms with Crippen LogP contribution in [0.3, 0.4) is 0 Å². The Hall–Kier alpha value is -1.99. The molecule has 2 aromatic rings. The topological polar surface area (TPSA) is 95.0 Å². The van der Waals surface area contributed by atoms with Crippen LogP contribution in [0.2, 0.25) is 5.02 Å². The first kappa shape index (κ1) is 14.9. The number of hydrogen-bond donors (Lipinski definition) is 2. The fourth-order valence-corrected chi connectivity index (χ4v) is 2.94. The molecule has 1 amide bonds. The zero-order chi connectivity index (χ0) is 15.7. The van der Waals surface area contributed by atoms with Gasteiger partial charge in [-0.1, -0.05) is 22.9 Å². The number of nitrogens with one attached hydrogen (secondary N) is 1. The van der Waals surface area contributed by atoms with Crippen molar-refractivity contribution in [3.05, 3.63) is 40.2 Å². The Morgan fingerprint density at radius 2 is 2.14 bits per heavy atom. The highest BCUT2D eigenvalue weighted by atomic mass is 35.5. The number of halogens is 1. The van der Waals surface area contributed by atoms with E-state index in [1.165, 1.54) is 0 Å². The molecule has 2 N–H and O–H groups in total. The first-order valence-electron chi connectivity index (χ1n) is 7.01. The van der Waals surface area contributed by atoms with Gasteiger partial charge < -0.3 is 10.0 Å². The second-order valence-corrected chi connectivity index (χ2v) is 5.95. The van der Waals surface area contributed by atoms with Crippen molar-refractivity contribution >= 4 is 17.5 Å². The average Bonchev–Trinajstić information content (AvgIpc) is 3.02. The van der Waals surface area contributed by atoms with Gasteiger partial charge in [0.25, 0.3) is 5.91 Å². The predicted molar refractivity (Wildman–Crippen MR) is 79.4 cm³/mol. The molecule has 0 radical (unpaired) electrons. The van der Waals surface area contributed by atoms with Crippen molar-refractivity contribution in [2.75, 3.05) is 13.1 Å². The Balaban J connectivity index is 1.72. The van der Waals surface area contributed by atoms with Gasteiger partial charge in [-0.05, 0) is 24.6 Å². The minimum absolute atomic E-state index is 0.125. The Kier molecular flexibility index (Phi) is 3.84. The maximum atomic E-state index is 12.5. The van der Waals surface area contributed by atoms with E-state index >= 15 is 0 Å². The lowest BCUT2D eigenvalue weighted by Crippen LogP contribution is -2.45. The molecule has 116 valence electrons. The summed E-state index contributed by atoms with van der Waals surface area (Å²) < 4.78 is 0. The Morgan fingerprint density at radius 3 is 2.73 bits per heavy atom. The highest BCUT2D eigenvalue weighted by Crippen LogP contribution is 2.31. The largest absolute Gasteiger partial charge is 0.382 e. The van der Waals surface area contributed by atoms with Gasteiger partial charge in [-0.3, -0.25) is 4.79 Å². The van der Waals surface area contributed by atoms with E-state index in [0.29, 0.717) is 36.5 Å². The number of amides is 1. The zero-order valence-electron chi connectivity index (χ0n) is 12.1. The minimum Gasteiger partial charge on any atom is -0.382 e. The summed E-state index contributed by atoms with van der Waals surface area (Å²) in [6.07, 6.45) is 0.726.